The lowest BCUT2D eigenvalue weighted by molar-refractivity contribution is 0.304. The van der Waals surface area contributed by atoms with Crippen LogP contribution in [0.1, 0.15) is 24.6 Å². The van der Waals surface area contributed by atoms with E-state index in [1.165, 1.54) is 0 Å². The van der Waals surface area contributed by atoms with Crippen LogP contribution >= 0.6 is 0 Å². The Morgan fingerprint density at radius 1 is 1.57 bits per heavy atom. The maximum absolute atomic E-state index is 7.34. The standard InChI is InChI=1S/C10H15N3O/c1-3-6-14-10-8(9(11)12)5-4-7(2)13-10/h4-5H,3,6H2,1-2H3,(H3,11,12). The first-order valence-electron chi connectivity index (χ1n) is 4.60. The Kier molecular flexibility index (Phi) is 3.45. The second-order valence-electron chi connectivity index (χ2n) is 3.07. The SMILES string of the molecule is CCCOc1nc(C)ccc1C(=N)N. The molecule has 0 fully saturated rings. The summed E-state index contributed by atoms with van der Waals surface area (Å²) < 4.78 is 5.40. The highest BCUT2D eigenvalue weighted by atomic mass is 16.5. The van der Waals surface area contributed by atoms with E-state index in [0.717, 1.165) is 12.1 Å². The molecule has 0 aliphatic rings. The molecule has 0 spiro atoms. The summed E-state index contributed by atoms with van der Waals surface area (Å²) >= 11 is 0. The van der Waals surface area contributed by atoms with E-state index in [0.29, 0.717) is 18.1 Å². The number of ether oxygens (including phenoxy) is 1. The first kappa shape index (κ1) is 10.5. The van der Waals surface area contributed by atoms with Gasteiger partial charge in [-0.2, -0.15) is 0 Å². The molecule has 76 valence electrons. The van der Waals surface area contributed by atoms with E-state index < -0.39 is 0 Å². The van der Waals surface area contributed by atoms with Gasteiger partial charge in [0.15, 0.2) is 0 Å². The van der Waals surface area contributed by atoms with E-state index in [1.54, 1.807) is 6.07 Å². The van der Waals surface area contributed by atoms with Gasteiger partial charge in [-0.05, 0) is 25.5 Å². The van der Waals surface area contributed by atoms with Crippen molar-refractivity contribution < 1.29 is 4.74 Å². The molecule has 0 unspecified atom stereocenters. The fourth-order valence-corrected chi connectivity index (χ4v) is 1.05. The van der Waals surface area contributed by atoms with Crippen LogP contribution in [-0.2, 0) is 0 Å². The molecule has 0 saturated carbocycles. The normalized spacial score (nSPS) is 9.86. The van der Waals surface area contributed by atoms with Gasteiger partial charge in [0.1, 0.15) is 5.84 Å². The highest BCUT2D eigenvalue weighted by molar-refractivity contribution is 5.97. The van der Waals surface area contributed by atoms with Gasteiger partial charge in [-0.15, -0.1) is 0 Å². The smallest absolute Gasteiger partial charge is 0.224 e. The zero-order chi connectivity index (χ0) is 10.6. The van der Waals surface area contributed by atoms with Crippen molar-refractivity contribution in [2.45, 2.75) is 20.3 Å². The topological polar surface area (TPSA) is 72.0 Å². The Morgan fingerprint density at radius 3 is 2.86 bits per heavy atom. The summed E-state index contributed by atoms with van der Waals surface area (Å²) in [4.78, 5) is 4.19. The average molecular weight is 193 g/mol. The summed E-state index contributed by atoms with van der Waals surface area (Å²) in [6, 6.07) is 3.57. The lowest BCUT2D eigenvalue weighted by Crippen LogP contribution is -2.14. The van der Waals surface area contributed by atoms with Gasteiger partial charge in [0, 0.05) is 5.69 Å². The van der Waals surface area contributed by atoms with E-state index in [4.69, 9.17) is 15.9 Å². The summed E-state index contributed by atoms with van der Waals surface area (Å²) in [7, 11) is 0. The minimum absolute atomic E-state index is 0.0106. The monoisotopic (exact) mass is 193 g/mol. The number of rotatable bonds is 4. The first-order valence-corrected chi connectivity index (χ1v) is 4.60. The third-order valence-electron chi connectivity index (χ3n) is 1.73. The second-order valence-corrected chi connectivity index (χ2v) is 3.07. The number of nitrogens with two attached hydrogens (primary N) is 1. The molecule has 0 aliphatic carbocycles. The van der Waals surface area contributed by atoms with Crippen LogP contribution < -0.4 is 10.5 Å². The number of aromatic nitrogens is 1. The van der Waals surface area contributed by atoms with E-state index in [9.17, 15) is 0 Å². The Morgan fingerprint density at radius 2 is 2.29 bits per heavy atom. The lowest BCUT2D eigenvalue weighted by atomic mass is 10.2. The van der Waals surface area contributed by atoms with Gasteiger partial charge in [-0.3, -0.25) is 5.41 Å². The van der Waals surface area contributed by atoms with E-state index >= 15 is 0 Å². The Labute approximate surface area is 83.6 Å². The Hall–Kier alpha value is -1.58. The number of pyridine rings is 1. The summed E-state index contributed by atoms with van der Waals surface area (Å²) in [5.41, 5.74) is 6.82. The van der Waals surface area contributed by atoms with Crippen molar-refractivity contribution in [1.29, 1.82) is 5.41 Å². The minimum atomic E-state index is -0.0106. The molecule has 0 bridgehead atoms. The molecule has 0 atom stereocenters. The summed E-state index contributed by atoms with van der Waals surface area (Å²) in [5.74, 6) is 0.447. The number of hydrogen-bond donors (Lipinski definition) is 2. The van der Waals surface area contributed by atoms with Crippen molar-refractivity contribution in [2.75, 3.05) is 6.61 Å². The molecule has 4 heteroatoms. The highest BCUT2D eigenvalue weighted by Gasteiger charge is 2.07. The lowest BCUT2D eigenvalue weighted by Gasteiger charge is -2.08. The molecule has 0 aromatic carbocycles. The minimum Gasteiger partial charge on any atom is -0.477 e. The van der Waals surface area contributed by atoms with Crippen molar-refractivity contribution in [2.24, 2.45) is 5.73 Å². The summed E-state index contributed by atoms with van der Waals surface area (Å²) in [5, 5.41) is 7.34. The zero-order valence-corrected chi connectivity index (χ0v) is 8.50. The first-order chi connectivity index (χ1) is 6.65. The maximum atomic E-state index is 7.34. The number of nitrogens with one attached hydrogen (secondary N) is 1. The van der Waals surface area contributed by atoms with Crippen LogP contribution in [0, 0.1) is 12.3 Å². The van der Waals surface area contributed by atoms with Gasteiger partial charge in [0.2, 0.25) is 5.88 Å². The van der Waals surface area contributed by atoms with Crippen LogP contribution in [0.15, 0.2) is 12.1 Å². The van der Waals surface area contributed by atoms with Crippen LogP contribution in [0.4, 0.5) is 0 Å². The van der Waals surface area contributed by atoms with Crippen LogP contribution in [0.25, 0.3) is 0 Å². The number of amidine groups is 1. The van der Waals surface area contributed by atoms with Crippen molar-refractivity contribution in [3.05, 3.63) is 23.4 Å². The molecule has 1 aromatic heterocycles. The van der Waals surface area contributed by atoms with Gasteiger partial charge in [0.05, 0.1) is 12.2 Å². The molecule has 1 heterocycles. The van der Waals surface area contributed by atoms with Gasteiger partial charge >= 0.3 is 0 Å². The van der Waals surface area contributed by atoms with Gasteiger partial charge in [0.25, 0.3) is 0 Å². The van der Waals surface area contributed by atoms with Crippen LogP contribution in [0.5, 0.6) is 5.88 Å². The molecular formula is C10H15N3O. The van der Waals surface area contributed by atoms with E-state index in [-0.39, 0.29) is 5.84 Å². The quantitative estimate of drug-likeness (QED) is 0.561. The fraction of sp³-hybridized carbons (Fsp3) is 0.400. The maximum Gasteiger partial charge on any atom is 0.224 e. The Balaban J connectivity index is 2.97. The zero-order valence-electron chi connectivity index (χ0n) is 8.50. The summed E-state index contributed by atoms with van der Waals surface area (Å²) in [6.45, 7) is 4.49. The number of nitrogens with zero attached hydrogens (tertiary/aromatic N) is 1. The second kappa shape index (κ2) is 4.60. The molecular weight excluding hydrogens is 178 g/mol. The molecule has 3 N–H and O–H groups in total. The third-order valence-corrected chi connectivity index (χ3v) is 1.73. The number of hydrogen-bond acceptors (Lipinski definition) is 3. The Bertz CT molecular complexity index is 336. The van der Waals surface area contributed by atoms with Gasteiger partial charge in [-0.1, -0.05) is 6.92 Å². The molecule has 14 heavy (non-hydrogen) atoms. The molecule has 0 amide bonds. The van der Waals surface area contributed by atoms with E-state index in [1.807, 2.05) is 19.9 Å². The van der Waals surface area contributed by atoms with E-state index in [2.05, 4.69) is 4.98 Å². The number of aryl methyl sites for hydroxylation is 1. The summed E-state index contributed by atoms with van der Waals surface area (Å²) in [6.07, 6.45) is 0.910. The third kappa shape index (κ3) is 2.45. The molecule has 1 aromatic rings. The molecule has 0 radical (unpaired) electrons. The van der Waals surface area contributed by atoms with Crippen molar-refractivity contribution in [3.8, 4) is 5.88 Å². The largest absolute Gasteiger partial charge is 0.477 e. The highest BCUT2D eigenvalue weighted by Crippen LogP contribution is 2.15. The predicted molar refractivity (Wildman–Crippen MR) is 55.8 cm³/mol. The van der Waals surface area contributed by atoms with Crippen molar-refractivity contribution in [3.63, 3.8) is 0 Å². The van der Waals surface area contributed by atoms with Crippen molar-refractivity contribution >= 4 is 5.84 Å². The fourth-order valence-electron chi connectivity index (χ4n) is 1.05. The predicted octanol–water partition coefficient (Wildman–Crippen LogP) is 1.46. The van der Waals surface area contributed by atoms with Gasteiger partial charge < -0.3 is 10.5 Å². The van der Waals surface area contributed by atoms with Crippen LogP contribution in [0.3, 0.4) is 0 Å². The van der Waals surface area contributed by atoms with Crippen LogP contribution in [-0.4, -0.2) is 17.4 Å². The molecule has 1 rings (SSSR count). The van der Waals surface area contributed by atoms with Crippen LogP contribution in [0.2, 0.25) is 0 Å². The molecule has 0 aliphatic heterocycles. The van der Waals surface area contributed by atoms with Crippen molar-refractivity contribution in [1.82, 2.24) is 4.98 Å². The number of nitrogen functional groups attached to an aromatic ring is 1. The molecule has 0 saturated heterocycles. The average Bonchev–Trinajstić information content (AvgIpc) is 2.14. The molecule has 4 nitrogen and oxygen atoms in total. The van der Waals surface area contributed by atoms with Gasteiger partial charge in [-0.25, -0.2) is 4.98 Å².